The minimum Gasteiger partial charge on any atom is -0.328 e. The molecule has 2 rings (SSSR count). The van der Waals surface area contributed by atoms with Gasteiger partial charge in [0.25, 0.3) is 0 Å². The molecule has 1 aliphatic rings. The van der Waals surface area contributed by atoms with E-state index in [0.717, 1.165) is 18.9 Å². The standard InChI is InChI=1S/C11H19N3/c1-9(12)6-11-7-13-14(8-11)5-4-10-2-3-10/h7-10H,2-6,12H2,1H3. The first-order valence-corrected chi connectivity index (χ1v) is 5.51. The van der Waals surface area contributed by atoms with Gasteiger partial charge >= 0.3 is 0 Å². The molecule has 0 amide bonds. The fourth-order valence-electron chi connectivity index (χ4n) is 1.73. The van der Waals surface area contributed by atoms with Gasteiger partial charge in [0.2, 0.25) is 0 Å². The van der Waals surface area contributed by atoms with Crippen LogP contribution in [0.5, 0.6) is 0 Å². The molecule has 14 heavy (non-hydrogen) atoms. The topological polar surface area (TPSA) is 43.8 Å². The second kappa shape index (κ2) is 4.13. The van der Waals surface area contributed by atoms with Crippen LogP contribution in [0.25, 0.3) is 0 Å². The summed E-state index contributed by atoms with van der Waals surface area (Å²) in [5.41, 5.74) is 6.99. The number of nitrogens with two attached hydrogens (primary N) is 1. The van der Waals surface area contributed by atoms with Crippen LogP contribution in [-0.4, -0.2) is 15.8 Å². The highest BCUT2D eigenvalue weighted by Gasteiger charge is 2.20. The summed E-state index contributed by atoms with van der Waals surface area (Å²) in [6.07, 6.45) is 9.15. The van der Waals surface area contributed by atoms with Crippen molar-refractivity contribution in [2.75, 3.05) is 0 Å². The van der Waals surface area contributed by atoms with Crippen LogP contribution in [0, 0.1) is 5.92 Å². The molecule has 1 unspecified atom stereocenters. The van der Waals surface area contributed by atoms with Crippen LogP contribution in [0.1, 0.15) is 31.7 Å². The fourth-order valence-corrected chi connectivity index (χ4v) is 1.73. The van der Waals surface area contributed by atoms with E-state index in [1.54, 1.807) is 0 Å². The van der Waals surface area contributed by atoms with Gasteiger partial charge in [-0.25, -0.2) is 0 Å². The largest absolute Gasteiger partial charge is 0.328 e. The number of hydrogen-bond donors (Lipinski definition) is 1. The average molecular weight is 193 g/mol. The maximum absolute atomic E-state index is 5.73. The van der Waals surface area contributed by atoms with E-state index in [0.29, 0.717) is 0 Å². The summed E-state index contributed by atoms with van der Waals surface area (Å²) in [5, 5.41) is 4.33. The summed E-state index contributed by atoms with van der Waals surface area (Å²) in [4.78, 5) is 0. The minimum atomic E-state index is 0.232. The smallest absolute Gasteiger partial charge is 0.0522 e. The van der Waals surface area contributed by atoms with Crippen LogP contribution in [0.3, 0.4) is 0 Å². The molecule has 0 saturated heterocycles. The van der Waals surface area contributed by atoms with Crippen molar-refractivity contribution < 1.29 is 0 Å². The minimum absolute atomic E-state index is 0.232. The molecule has 0 aromatic carbocycles. The number of hydrogen-bond acceptors (Lipinski definition) is 2. The third kappa shape index (κ3) is 2.84. The van der Waals surface area contributed by atoms with Gasteiger partial charge in [0.1, 0.15) is 0 Å². The van der Waals surface area contributed by atoms with Crippen LogP contribution in [0.4, 0.5) is 0 Å². The molecular weight excluding hydrogens is 174 g/mol. The lowest BCUT2D eigenvalue weighted by atomic mass is 10.1. The molecule has 1 saturated carbocycles. The lowest BCUT2D eigenvalue weighted by molar-refractivity contribution is 0.546. The predicted octanol–water partition coefficient (Wildman–Crippen LogP) is 1.57. The zero-order chi connectivity index (χ0) is 9.97. The summed E-state index contributed by atoms with van der Waals surface area (Å²) < 4.78 is 2.05. The molecule has 3 heteroatoms. The summed E-state index contributed by atoms with van der Waals surface area (Å²) in [6, 6.07) is 0.232. The first-order valence-electron chi connectivity index (χ1n) is 5.51. The molecule has 3 nitrogen and oxygen atoms in total. The van der Waals surface area contributed by atoms with Crippen LogP contribution >= 0.6 is 0 Å². The van der Waals surface area contributed by atoms with Gasteiger partial charge in [0.15, 0.2) is 0 Å². The Labute approximate surface area is 85.3 Å². The molecule has 1 aromatic rings. The molecule has 0 aliphatic heterocycles. The zero-order valence-electron chi connectivity index (χ0n) is 8.82. The predicted molar refractivity (Wildman–Crippen MR) is 56.9 cm³/mol. The molecule has 1 atom stereocenters. The van der Waals surface area contributed by atoms with Crippen LogP contribution < -0.4 is 5.73 Å². The second-order valence-corrected chi connectivity index (χ2v) is 4.53. The van der Waals surface area contributed by atoms with E-state index in [1.807, 2.05) is 13.1 Å². The molecule has 78 valence electrons. The van der Waals surface area contributed by atoms with Gasteiger partial charge in [0.05, 0.1) is 6.20 Å². The normalized spacial score (nSPS) is 18.4. The Morgan fingerprint density at radius 1 is 1.64 bits per heavy atom. The Balaban J connectivity index is 1.81. The van der Waals surface area contributed by atoms with Gasteiger partial charge in [0, 0.05) is 18.8 Å². The Kier molecular flexibility index (Phi) is 2.87. The monoisotopic (exact) mass is 193 g/mol. The van der Waals surface area contributed by atoms with E-state index >= 15 is 0 Å². The summed E-state index contributed by atoms with van der Waals surface area (Å²) in [5.74, 6) is 0.982. The van der Waals surface area contributed by atoms with Gasteiger partial charge in [-0.15, -0.1) is 0 Å². The van der Waals surface area contributed by atoms with Gasteiger partial charge in [-0.1, -0.05) is 12.8 Å². The molecule has 2 N–H and O–H groups in total. The maximum atomic E-state index is 5.73. The third-order valence-corrected chi connectivity index (χ3v) is 2.71. The Bertz CT molecular complexity index is 286. The molecule has 0 spiro atoms. The molecule has 1 heterocycles. The SMILES string of the molecule is CC(N)Cc1cnn(CCC2CC2)c1. The first kappa shape index (κ1) is 9.71. The summed E-state index contributed by atoms with van der Waals surface area (Å²) in [6.45, 7) is 3.10. The lowest BCUT2D eigenvalue weighted by Gasteiger charge is -2.01. The zero-order valence-corrected chi connectivity index (χ0v) is 8.82. The van der Waals surface area contributed by atoms with Gasteiger partial charge in [-0.05, 0) is 31.2 Å². The van der Waals surface area contributed by atoms with Gasteiger partial charge < -0.3 is 5.73 Å². The van der Waals surface area contributed by atoms with Crippen LogP contribution in [0.2, 0.25) is 0 Å². The van der Waals surface area contributed by atoms with Crippen molar-refractivity contribution in [3.63, 3.8) is 0 Å². The van der Waals surface area contributed by atoms with Gasteiger partial charge in [-0.2, -0.15) is 5.10 Å². The lowest BCUT2D eigenvalue weighted by Crippen LogP contribution is -2.17. The van der Waals surface area contributed by atoms with E-state index in [4.69, 9.17) is 5.73 Å². The Hall–Kier alpha value is -0.830. The van der Waals surface area contributed by atoms with Crippen molar-refractivity contribution in [2.45, 2.75) is 45.2 Å². The molecule has 1 fully saturated rings. The quantitative estimate of drug-likeness (QED) is 0.771. The number of aromatic nitrogens is 2. The highest BCUT2D eigenvalue weighted by molar-refractivity contribution is 5.05. The van der Waals surface area contributed by atoms with Crippen molar-refractivity contribution in [3.05, 3.63) is 18.0 Å². The summed E-state index contributed by atoms with van der Waals surface area (Å²) >= 11 is 0. The van der Waals surface area contributed by atoms with Crippen molar-refractivity contribution in [1.82, 2.24) is 9.78 Å². The summed E-state index contributed by atoms with van der Waals surface area (Å²) in [7, 11) is 0. The number of aryl methyl sites for hydroxylation is 1. The van der Waals surface area contributed by atoms with Crippen molar-refractivity contribution in [3.8, 4) is 0 Å². The first-order chi connectivity index (χ1) is 6.74. The average Bonchev–Trinajstić information content (AvgIpc) is 2.84. The molecule has 0 bridgehead atoms. The van der Waals surface area contributed by atoms with Gasteiger partial charge in [-0.3, -0.25) is 4.68 Å². The van der Waals surface area contributed by atoms with Crippen LogP contribution in [-0.2, 0) is 13.0 Å². The Morgan fingerprint density at radius 2 is 2.43 bits per heavy atom. The molecule has 1 aromatic heterocycles. The van der Waals surface area contributed by atoms with Crippen molar-refractivity contribution in [1.29, 1.82) is 0 Å². The number of nitrogens with zero attached hydrogens (tertiary/aromatic N) is 2. The van der Waals surface area contributed by atoms with E-state index in [-0.39, 0.29) is 6.04 Å². The molecule has 1 aliphatic carbocycles. The fraction of sp³-hybridized carbons (Fsp3) is 0.727. The van der Waals surface area contributed by atoms with E-state index < -0.39 is 0 Å². The van der Waals surface area contributed by atoms with E-state index in [1.165, 1.54) is 24.8 Å². The highest BCUT2D eigenvalue weighted by atomic mass is 15.3. The van der Waals surface area contributed by atoms with E-state index in [2.05, 4.69) is 16.0 Å². The van der Waals surface area contributed by atoms with Crippen LogP contribution in [0.15, 0.2) is 12.4 Å². The molecular formula is C11H19N3. The van der Waals surface area contributed by atoms with E-state index in [9.17, 15) is 0 Å². The maximum Gasteiger partial charge on any atom is 0.0522 e. The highest BCUT2D eigenvalue weighted by Crippen LogP contribution is 2.32. The van der Waals surface area contributed by atoms with Crippen molar-refractivity contribution >= 4 is 0 Å². The Morgan fingerprint density at radius 3 is 3.07 bits per heavy atom. The number of rotatable bonds is 5. The third-order valence-electron chi connectivity index (χ3n) is 2.71. The van der Waals surface area contributed by atoms with Crippen molar-refractivity contribution in [2.24, 2.45) is 11.7 Å². The second-order valence-electron chi connectivity index (χ2n) is 4.53. The molecule has 0 radical (unpaired) electrons.